The maximum atomic E-state index is 12.4. The third-order valence-corrected chi connectivity index (χ3v) is 3.24. The van der Waals surface area contributed by atoms with Gasteiger partial charge in [0.2, 0.25) is 5.91 Å². The van der Waals surface area contributed by atoms with E-state index >= 15 is 0 Å². The van der Waals surface area contributed by atoms with Crippen molar-refractivity contribution in [2.75, 3.05) is 30.3 Å². The summed E-state index contributed by atoms with van der Waals surface area (Å²) in [5.74, 6) is 0.182. The number of amides is 1. The van der Waals surface area contributed by atoms with E-state index in [1.165, 1.54) is 0 Å². The molecule has 1 atom stereocenters. The third kappa shape index (κ3) is 2.58. The molecule has 1 aliphatic heterocycles. The molecule has 2 N–H and O–H groups in total. The maximum absolute atomic E-state index is 12.4. The summed E-state index contributed by atoms with van der Waals surface area (Å²) >= 11 is 0. The van der Waals surface area contributed by atoms with Crippen molar-refractivity contribution in [3.63, 3.8) is 0 Å². The van der Waals surface area contributed by atoms with E-state index in [1.807, 2.05) is 36.1 Å². The summed E-state index contributed by atoms with van der Waals surface area (Å²) in [6, 6.07) is 7.83. The quantitative estimate of drug-likeness (QED) is 0.857. The van der Waals surface area contributed by atoms with Gasteiger partial charge < -0.3 is 15.5 Å². The van der Waals surface area contributed by atoms with E-state index in [1.54, 1.807) is 0 Å². The van der Waals surface area contributed by atoms with Gasteiger partial charge in [0, 0.05) is 19.6 Å². The lowest BCUT2D eigenvalue weighted by molar-refractivity contribution is -0.131. The van der Waals surface area contributed by atoms with E-state index in [0.29, 0.717) is 6.54 Å². The van der Waals surface area contributed by atoms with Gasteiger partial charge in [0.15, 0.2) is 0 Å². The monoisotopic (exact) mass is 247 g/mol. The lowest BCUT2D eigenvalue weighted by atomic mass is 10.1. The standard InChI is InChI=1S/C14H21N3O/c1-3-9-17(4-2)14(18)13-10-15-11-7-5-6-8-12(11)16-13/h5-8,13,15-16H,3-4,9-10H2,1-2H3. The number of hydrogen-bond donors (Lipinski definition) is 2. The molecule has 0 aliphatic carbocycles. The van der Waals surface area contributed by atoms with Crippen LogP contribution in [-0.4, -0.2) is 36.5 Å². The molecule has 1 aromatic carbocycles. The van der Waals surface area contributed by atoms with Gasteiger partial charge in [0.05, 0.1) is 11.4 Å². The molecule has 98 valence electrons. The van der Waals surface area contributed by atoms with E-state index < -0.39 is 0 Å². The Bertz CT molecular complexity index is 419. The zero-order valence-corrected chi connectivity index (χ0v) is 11.1. The van der Waals surface area contributed by atoms with Crippen LogP contribution in [0.4, 0.5) is 11.4 Å². The zero-order valence-electron chi connectivity index (χ0n) is 11.1. The minimum Gasteiger partial charge on any atom is -0.381 e. The van der Waals surface area contributed by atoms with Crippen molar-refractivity contribution in [2.24, 2.45) is 0 Å². The van der Waals surface area contributed by atoms with Crippen LogP contribution in [0.2, 0.25) is 0 Å². The Morgan fingerprint density at radius 2 is 2.06 bits per heavy atom. The lowest BCUT2D eigenvalue weighted by Crippen LogP contribution is -2.48. The van der Waals surface area contributed by atoms with Crippen LogP contribution >= 0.6 is 0 Å². The van der Waals surface area contributed by atoms with Crippen molar-refractivity contribution in [1.29, 1.82) is 0 Å². The molecule has 0 spiro atoms. The number of carbonyl (C=O) groups excluding carboxylic acids is 1. The molecule has 0 radical (unpaired) electrons. The fraction of sp³-hybridized carbons (Fsp3) is 0.500. The molecule has 2 rings (SSSR count). The second kappa shape index (κ2) is 5.76. The number of carbonyl (C=O) groups is 1. The minimum absolute atomic E-state index is 0.161. The number of nitrogens with one attached hydrogen (secondary N) is 2. The van der Waals surface area contributed by atoms with Crippen molar-refractivity contribution in [3.05, 3.63) is 24.3 Å². The summed E-state index contributed by atoms with van der Waals surface area (Å²) in [5.41, 5.74) is 2.08. The number of para-hydroxylation sites is 2. The Morgan fingerprint density at radius 3 is 2.72 bits per heavy atom. The highest BCUT2D eigenvalue weighted by Crippen LogP contribution is 2.25. The van der Waals surface area contributed by atoms with E-state index in [-0.39, 0.29) is 11.9 Å². The van der Waals surface area contributed by atoms with E-state index in [4.69, 9.17) is 0 Å². The highest BCUT2D eigenvalue weighted by Gasteiger charge is 2.26. The van der Waals surface area contributed by atoms with Gasteiger partial charge >= 0.3 is 0 Å². The number of nitrogens with zero attached hydrogens (tertiary/aromatic N) is 1. The van der Waals surface area contributed by atoms with Crippen molar-refractivity contribution in [3.8, 4) is 0 Å². The van der Waals surface area contributed by atoms with E-state index in [0.717, 1.165) is 30.9 Å². The van der Waals surface area contributed by atoms with Crippen molar-refractivity contribution >= 4 is 17.3 Å². The van der Waals surface area contributed by atoms with Gasteiger partial charge in [-0.3, -0.25) is 4.79 Å². The smallest absolute Gasteiger partial charge is 0.246 e. The molecule has 1 amide bonds. The summed E-state index contributed by atoms with van der Waals surface area (Å²) in [6.07, 6.45) is 0.996. The number of benzene rings is 1. The number of hydrogen-bond acceptors (Lipinski definition) is 3. The number of rotatable bonds is 4. The molecule has 0 saturated carbocycles. The van der Waals surface area contributed by atoms with Gasteiger partial charge in [0.1, 0.15) is 6.04 Å². The van der Waals surface area contributed by atoms with Crippen molar-refractivity contribution in [1.82, 2.24) is 4.90 Å². The highest BCUT2D eigenvalue weighted by atomic mass is 16.2. The molecule has 0 bridgehead atoms. The van der Waals surface area contributed by atoms with Crippen LogP contribution in [-0.2, 0) is 4.79 Å². The average Bonchev–Trinajstić information content (AvgIpc) is 2.43. The Balaban J connectivity index is 2.06. The van der Waals surface area contributed by atoms with Gasteiger partial charge in [-0.1, -0.05) is 19.1 Å². The molecule has 1 aliphatic rings. The second-order valence-electron chi connectivity index (χ2n) is 4.54. The number of anilines is 2. The zero-order chi connectivity index (χ0) is 13.0. The van der Waals surface area contributed by atoms with Gasteiger partial charge in [-0.05, 0) is 25.5 Å². The van der Waals surface area contributed by atoms with Crippen molar-refractivity contribution in [2.45, 2.75) is 26.3 Å². The van der Waals surface area contributed by atoms with Crippen LogP contribution in [0.15, 0.2) is 24.3 Å². The lowest BCUT2D eigenvalue weighted by Gasteiger charge is -2.31. The highest BCUT2D eigenvalue weighted by molar-refractivity contribution is 5.88. The van der Waals surface area contributed by atoms with Crippen LogP contribution < -0.4 is 10.6 Å². The predicted octanol–water partition coefficient (Wildman–Crippen LogP) is 2.15. The Kier molecular flexibility index (Phi) is 4.07. The van der Waals surface area contributed by atoms with Gasteiger partial charge in [-0.15, -0.1) is 0 Å². The minimum atomic E-state index is -0.161. The largest absolute Gasteiger partial charge is 0.381 e. The normalized spacial score (nSPS) is 17.3. The fourth-order valence-electron chi connectivity index (χ4n) is 2.28. The first-order chi connectivity index (χ1) is 8.76. The Labute approximate surface area is 108 Å². The first-order valence-corrected chi connectivity index (χ1v) is 6.64. The SMILES string of the molecule is CCCN(CC)C(=O)C1CNc2ccccc2N1. The molecule has 1 aromatic rings. The first-order valence-electron chi connectivity index (χ1n) is 6.64. The molecular weight excluding hydrogens is 226 g/mol. The van der Waals surface area contributed by atoms with Crippen LogP contribution in [0.5, 0.6) is 0 Å². The molecule has 4 nitrogen and oxygen atoms in total. The van der Waals surface area contributed by atoms with Crippen LogP contribution in [0.3, 0.4) is 0 Å². The number of fused-ring (bicyclic) bond motifs is 1. The van der Waals surface area contributed by atoms with Gasteiger partial charge in [-0.25, -0.2) is 0 Å². The summed E-state index contributed by atoms with van der Waals surface area (Å²) in [4.78, 5) is 14.3. The molecule has 18 heavy (non-hydrogen) atoms. The molecule has 0 saturated heterocycles. The molecular formula is C14H21N3O. The number of likely N-dealkylation sites (N-methyl/N-ethyl adjacent to an activating group) is 1. The Morgan fingerprint density at radius 1 is 1.33 bits per heavy atom. The summed E-state index contributed by atoms with van der Waals surface area (Å²) in [5, 5.41) is 6.62. The van der Waals surface area contributed by atoms with E-state index in [2.05, 4.69) is 17.6 Å². The van der Waals surface area contributed by atoms with Gasteiger partial charge in [0.25, 0.3) is 0 Å². The maximum Gasteiger partial charge on any atom is 0.246 e. The third-order valence-electron chi connectivity index (χ3n) is 3.24. The molecule has 1 unspecified atom stereocenters. The predicted molar refractivity (Wildman–Crippen MR) is 74.9 cm³/mol. The topological polar surface area (TPSA) is 44.4 Å². The van der Waals surface area contributed by atoms with Crippen LogP contribution in [0.1, 0.15) is 20.3 Å². The van der Waals surface area contributed by atoms with Crippen LogP contribution in [0.25, 0.3) is 0 Å². The van der Waals surface area contributed by atoms with E-state index in [9.17, 15) is 4.79 Å². The fourth-order valence-corrected chi connectivity index (χ4v) is 2.28. The van der Waals surface area contributed by atoms with Crippen molar-refractivity contribution < 1.29 is 4.79 Å². The average molecular weight is 247 g/mol. The molecule has 0 aromatic heterocycles. The summed E-state index contributed by atoms with van der Waals surface area (Å²) in [7, 11) is 0. The van der Waals surface area contributed by atoms with Crippen LogP contribution in [0, 0.1) is 0 Å². The first kappa shape index (κ1) is 12.7. The Hall–Kier alpha value is -1.71. The molecule has 0 fully saturated rings. The van der Waals surface area contributed by atoms with Gasteiger partial charge in [-0.2, -0.15) is 0 Å². The summed E-state index contributed by atoms with van der Waals surface area (Å²) < 4.78 is 0. The summed E-state index contributed by atoms with van der Waals surface area (Å²) in [6.45, 7) is 6.37. The second-order valence-corrected chi connectivity index (χ2v) is 4.54. The molecule has 4 heteroatoms. The molecule has 1 heterocycles.